The first-order chi connectivity index (χ1) is 16.3. The molecule has 34 heavy (non-hydrogen) atoms. The van der Waals surface area contributed by atoms with Gasteiger partial charge in [0.05, 0.1) is 0 Å². The summed E-state index contributed by atoms with van der Waals surface area (Å²) in [7, 11) is 0. The molecule has 3 unspecified atom stereocenters. The van der Waals surface area contributed by atoms with Crippen molar-refractivity contribution in [2.24, 2.45) is 11.8 Å². The standard InChI is InChI=1S/C27H32N2O5/c1-16(2)23(14-24(30)29-13-12-17(3)25(29)26(31)32)28-27(33)34-15-22-20-10-6-4-8-18(20)19-9-5-7-11-21(19)22/h4-11,16-17,22-23,25H,12-15H2,1-3H3,(H,28,33)(H,31,32). The molecule has 2 amide bonds. The number of carboxylic acids is 1. The van der Waals surface area contributed by atoms with Crippen LogP contribution < -0.4 is 5.32 Å². The van der Waals surface area contributed by atoms with E-state index < -0.39 is 24.1 Å². The number of hydrogen-bond acceptors (Lipinski definition) is 4. The molecule has 180 valence electrons. The van der Waals surface area contributed by atoms with E-state index in [-0.39, 0.29) is 36.7 Å². The molecule has 1 aliphatic carbocycles. The number of carboxylic acid groups (broad SMARTS) is 1. The Morgan fingerprint density at radius 3 is 2.21 bits per heavy atom. The van der Waals surface area contributed by atoms with Crippen molar-refractivity contribution in [3.8, 4) is 11.1 Å². The molecule has 0 spiro atoms. The van der Waals surface area contributed by atoms with E-state index in [2.05, 4.69) is 29.6 Å². The highest BCUT2D eigenvalue weighted by molar-refractivity contribution is 5.85. The zero-order valence-electron chi connectivity index (χ0n) is 19.9. The smallest absolute Gasteiger partial charge is 0.407 e. The number of likely N-dealkylation sites (tertiary alicyclic amines) is 1. The molecule has 1 fully saturated rings. The lowest BCUT2D eigenvalue weighted by molar-refractivity contribution is -0.149. The Hall–Kier alpha value is -3.35. The fourth-order valence-corrected chi connectivity index (χ4v) is 5.15. The predicted molar refractivity (Wildman–Crippen MR) is 128 cm³/mol. The summed E-state index contributed by atoms with van der Waals surface area (Å²) in [5, 5.41) is 12.4. The molecule has 1 heterocycles. The third-order valence-corrected chi connectivity index (χ3v) is 7.12. The Morgan fingerprint density at radius 1 is 1.06 bits per heavy atom. The van der Waals surface area contributed by atoms with Crippen LogP contribution in [0.25, 0.3) is 11.1 Å². The maximum absolute atomic E-state index is 12.9. The number of benzene rings is 2. The van der Waals surface area contributed by atoms with Gasteiger partial charge in [0.15, 0.2) is 0 Å². The van der Waals surface area contributed by atoms with Crippen LogP contribution in [0, 0.1) is 11.8 Å². The van der Waals surface area contributed by atoms with Crippen LogP contribution in [0.4, 0.5) is 4.79 Å². The molecular formula is C27H32N2O5. The second-order valence-electron chi connectivity index (χ2n) is 9.66. The molecule has 7 heteroatoms. The predicted octanol–water partition coefficient (Wildman–Crippen LogP) is 4.26. The minimum Gasteiger partial charge on any atom is -0.480 e. The lowest BCUT2D eigenvalue weighted by Crippen LogP contribution is -2.47. The highest BCUT2D eigenvalue weighted by Gasteiger charge is 2.40. The van der Waals surface area contributed by atoms with Crippen LogP contribution in [-0.2, 0) is 14.3 Å². The summed E-state index contributed by atoms with van der Waals surface area (Å²) in [6, 6.07) is 15.0. The molecule has 1 saturated heterocycles. The molecule has 0 saturated carbocycles. The Morgan fingerprint density at radius 2 is 1.65 bits per heavy atom. The maximum Gasteiger partial charge on any atom is 0.407 e. The lowest BCUT2D eigenvalue weighted by atomic mass is 9.98. The molecule has 2 aromatic rings. The van der Waals surface area contributed by atoms with Crippen LogP contribution in [0.15, 0.2) is 48.5 Å². The van der Waals surface area contributed by atoms with Gasteiger partial charge in [-0.25, -0.2) is 9.59 Å². The average Bonchev–Trinajstić information content (AvgIpc) is 3.35. The zero-order chi connectivity index (χ0) is 24.4. The van der Waals surface area contributed by atoms with Gasteiger partial charge < -0.3 is 20.1 Å². The summed E-state index contributed by atoms with van der Waals surface area (Å²) >= 11 is 0. The van der Waals surface area contributed by atoms with E-state index in [1.807, 2.05) is 45.0 Å². The summed E-state index contributed by atoms with van der Waals surface area (Å²) in [6.45, 7) is 6.31. The molecule has 0 radical (unpaired) electrons. The van der Waals surface area contributed by atoms with Crippen molar-refractivity contribution in [2.75, 3.05) is 13.2 Å². The highest BCUT2D eigenvalue weighted by Crippen LogP contribution is 2.44. The molecule has 2 N–H and O–H groups in total. The van der Waals surface area contributed by atoms with E-state index >= 15 is 0 Å². The molecule has 0 aromatic heterocycles. The van der Waals surface area contributed by atoms with Crippen molar-refractivity contribution in [1.29, 1.82) is 0 Å². The van der Waals surface area contributed by atoms with Crippen molar-refractivity contribution in [3.63, 3.8) is 0 Å². The minimum absolute atomic E-state index is 0.0206. The molecule has 2 aromatic carbocycles. The molecule has 3 atom stereocenters. The number of amides is 2. The van der Waals surface area contributed by atoms with Gasteiger partial charge in [0.2, 0.25) is 5.91 Å². The van der Waals surface area contributed by atoms with Crippen LogP contribution in [0.2, 0.25) is 0 Å². The van der Waals surface area contributed by atoms with Crippen LogP contribution in [0.5, 0.6) is 0 Å². The molecule has 4 rings (SSSR count). The van der Waals surface area contributed by atoms with Gasteiger partial charge >= 0.3 is 12.1 Å². The van der Waals surface area contributed by atoms with E-state index in [4.69, 9.17) is 4.74 Å². The number of carbonyl (C=O) groups is 3. The first-order valence-corrected chi connectivity index (χ1v) is 11.9. The second-order valence-corrected chi connectivity index (χ2v) is 9.66. The van der Waals surface area contributed by atoms with Gasteiger partial charge in [-0.1, -0.05) is 69.3 Å². The molecule has 7 nitrogen and oxygen atoms in total. The largest absolute Gasteiger partial charge is 0.480 e. The first-order valence-electron chi connectivity index (χ1n) is 11.9. The fraction of sp³-hybridized carbons (Fsp3) is 0.444. The van der Waals surface area contributed by atoms with Crippen LogP contribution in [0.1, 0.15) is 50.7 Å². The fourth-order valence-electron chi connectivity index (χ4n) is 5.15. The van der Waals surface area contributed by atoms with E-state index in [0.717, 1.165) is 22.3 Å². The quantitative estimate of drug-likeness (QED) is 0.638. The van der Waals surface area contributed by atoms with Gasteiger partial charge in [-0.15, -0.1) is 0 Å². The van der Waals surface area contributed by atoms with Gasteiger partial charge in [-0.3, -0.25) is 4.79 Å². The topological polar surface area (TPSA) is 95.9 Å². The third kappa shape index (κ3) is 4.65. The van der Waals surface area contributed by atoms with Crippen LogP contribution in [-0.4, -0.2) is 53.2 Å². The van der Waals surface area contributed by atoms with Crippen LogP contribution >= 0.6 is 0 Å². The van der Waals surface area contributed by atoms with Crippen molar-refractivity contribution >= 4 is 18.0 Å². The lowest BCUT2D eigenvalue weighted by Gasteiger charge is -2.27. The van der Waals surface area contributed by atoms with Crippen molar-refractivity contribution < 1.29 is 24.2 Å². The van der Waals surface area contributed by atoms with Crippen molar-refractivity contribution in [1.82, 2.24) is 10.2 Å². The molecule has 1 aliphatic heterocycles. The van der Waals surface area contributed by atoms with E-state index in [1.54, 1.807) is 0 Å². The first kappa shape index (κ1) is 23.8. The summed E-state index contributed by atoms with van der Waals surface area (Å²) in [5.74, 6) is -1.39. The second kappa shape index (κ2) is 9.87. The van der Waals surface area contributed by atoms with Crippen LogP contribution in [0.3, 0.4) is 0 Å². The number of rotatable bonds is 7. The molecular weight excluding hydrogens is 432 g/mol. The average molecular weight is 465 g/mol. The van der Waals surface area contributed by atoms with Gasteiger partial charge in [-0.2, -0.15) is 0 Å². The Kier molecular flexibility index (Phi) is 6.91. The molecule has 2 aliphatic rings. The van der Waals surface area contributed by atoms with E-state index in [9.17, 15) is 19.5 Å². The number of fused-ring (bicyclic) bond motifs is 3. The summed E-state index contributed by atoms with van der Waals surface area (Å²) in [5.41, 5.74) is 4.58. The maximum atomic E-state index is 12.9. The van der Waals surface area contributed by atoms with Gasteiger partial charge in [-0.05, 0) is 40.5 Å². The van der Waals surface area contributed by atoms with Crippen molar-refractivity contribution in [3.05, 3.63) is 59.7 Å². The highest BCUT2D eigenvalue weighted by atomic mass is 16.5. The van der Waals surface area contributed by atoms with Crippen molar-refractivity contribution in [2.45, 2.75) is 51.6 Å². The summed E-state index contributed by atoms with van der Waals surface area (Å²) in [6.07, 6.45) is 0.130. The minimum atomic E-state index is -0.982. The SMILES string of the molecule is CC(C)C(CC(=O)N1CCC(C)C1C(=O)O)NC(=O)OCC1c2ccccc2-c2ccccc21. The summed E-state index contributed by atoms with van der Waals surface area (Å²) < 4.78 is 5.63. The van der Waals surface area contributed by atoms with Gasteiger partial charge in [0.25, 0.3) is 0 Å². The Bertz CT molecular complexity index is 1040. The number of hydrogen-bond donors (Lipinski definition) is 2. The Balaban J connectivity index is 1.39. The number of alkyl carbamates (subject to hydrolysis) is 1. The Labute approximate surface area is 200 Å². The number of nitrogens with one attached hydrogen (secondary N) is 1. The van der Waals surface area contributed by atoms with Gasteiger partial charge in [0, 0.05) is 24.9 Å². The third-order valence-electron chi connectivity index (χ3n) is 7.12. The van der Waals surface area contributed by atoms with E-state index in [1.165, 1.54) is 4.90 Å². The number of carbonyl (C=O) groups excluding carboxylic acids is 2. The van der Waals surface area contributed by atoms with Gasteiger partial charge in [0.1, 0.15) is 12.6 Å². The summed E-state index contributed by atoms with van der Waals surface area (Å²) in [4.78, 5) is 38.7. The number of nitrogens with zero attached hydrogens (tertiary/aromatic N) is 1. The van der Waals surface area contributed by atoms with E-state index in [0.29, 0.717) is 13.0 Å². The normalized spacial score (nSPS) is 20.1. The number of aliphatic carboxylic acids is 1. The number of ether oxygens (including phenoxy) is 1. The monoisotopic (exact) mass is 464 g/mol. The zero-order valence-corrected chi connectivity index (χ0v) is 19.9. The molecule has 0 bridgehead atoms.